The highest BCUT2D eigenvalue weighted by Crippen LogP contribution is 2.02. The van der Waals surface area contributed by atoms with Gasteiger partial charge in [0.2, 0.25) is 0 Å². The molecule has 0 aliphatic heterocycles. The van der Waals surface area contributed by atoms with E-state index in [4.69, 9.17) is 10.4 Å². The van der Waals surface area contributed by atoms with Crippen molar-refractivity contribution >= 4 is 12.0 Å². The van der Waals surface area contributed by atoms with Crippen LogP contribution in [-0.2, 0) is 11.8 Å². The first-order chi connectivity index (χ1) is 6.13. The van der Waals surface area contributed by atoms with Crippen LogP contribution in [0.2, 0.25) is 0 Å². The number of hydrogen-bond acceptors (Lipinski definition) is 3. The lowest BCUT2D eigenvalue weighted by Gasteiger charge is -1.86. The first-order valence-electron chi connectivity index (χ1n) is 3.46. The fourth-order valence-corrected chi connectivity index (χ4v) is 0.797. The fourth-order valence-electron chi connectivity index (χ4n) is 0.797. The van der Waals surface area contributed by atoms with Gasteiger partial charge in [0.25, 0.3) is 0 Å². The van der Waals surface area contributed by atoms with Gasteiger partial charge in [-0.3, -0.25) is 0 Å². The van der Waals surface area contributed by atoms with Gasteiger partial charge in [0, 0.05) is 13.2 Å². The van der Waals surface area contributed by atoms with Crippen LogP contribution >= 0.6 is 0 Å². The van der Waals surface area contributed by atoms with Crippen LogP contribution in [-0.4, -0.2) is 20.6 Å². The van der Waals surface area contributed by atoms with Crippen molar-refractivity contribution < 1.29 is 9.90 Å². The number of hydrogen-bond donors (Lipinski definition) is 1. The molecule has 0 aliphatic rings. The van der Waals surface area contributed by atoms with Crippen LogP contribution in [0.1, 0.15) is 5.69 Å². The molecule has 1 rings (SSSR count). The summed E-state index contributed by atoms with van der Waals surface area (Å²) >= 11 is 0. The lowest BCUT2D eigenvalue weighted by Crippen LogP contribution is -1.97. The Kier molecular flexibility index (Phi) is 2.45. The molecule has 0 saturated heterocycles. The molecule has 0 radical (unpaired) electrons. The predicted molar refractivity (Wildman–Crippen MR) is 44.4 cm³/mol. The first-order valence-corrected chi connectivity index (χ1v) is 3.46. The zero-order valence-electron chi connectivity index (χ0n) is 6.93. The van der Waals surface area contributed by atoms with E-state index in [1.807, 2.05) is 0 Å². The highest BCUT2D eigenvalue weighted by Gasteiger charge is 2.06. The molecule has 1 heterocycles. The summed E-state index contributed by atoms with van der Waals surface area (Å²) in [5.41, 5.74) is 0.139. The molecule has 5 heteroatoms. The number of aryl methyl sites for hydroxylation is 1. The normalized spacial score (nSPS) is 10.9. The summed E-state index contributed by atoms with van der Waals surface area (Å²) in [5.74, 6) is -1.24. The Morgan fingerprint density at radius 3 is 2.92 bits per heavy atom. The predicted octanol–water partition coefficient (Wildman–Crippen LogP) is 0.412. The summed E-state index contributed by atoms with van der Waals surface area (Å²) in [4.78, 5) is 14.3. The standard InChI is InChI=1S/C8H7N3O2/c1-11-4-7(10-5-11)2-6(3-9)8(12)13/h2,4-5H,1H3,(H,12,13). The average Bonchev–Trinajstić information content (AvgIpc) is 2.46. The number of imidazole rings is 1. The third-order valence-electron chi connectivity index (χ3n) is 1.37. The van der Waals surface area contributed by atoms with E-state index in [1.54, 1.807) is 23.9 Å². The molecule has 0 bridgehead atoms. The third-order valence-corrected chi connectivity index (χ3v) is 1.37. The summed E-state index contributed by atoms with van der Waals surface area (Å²) < 4.78 is 1.67. The SMILES string of the molecule is Cn1cnc(C=C(C#N)C(=O)O)c1. The van der Waals surface area contributed by atoms with E-state index in [0.717, 1.165) is 0 Å². The van der Waals surface area contributed by atoms with Crippen LogP contribution in [0.4, 0.5) is 0 Å². The van der Waals surface area contributed by atoms with Crippen LogP contribution in [0.5, 0.6) is 0 Å². The molecule has 0 unspecified atom stereocenters. The van der Waals surface area contributed by atoms with Gasteiger partial charge in [-0.15, -0.1) is 0 Å². The number of nitriles is 1. The van der Waals surface area contributed by atoms with Gasteiger partial charge in [-0.25, -0.2) is 9.78 Å². The number of aromatic nitrogens is 2. The van der Waals surface area contributed by atoms with Gasteiger partial charge >= 0.3 is 5.97 Å². The van der Waals surface area contributed by atoms with Crippen LogP contribution in [0.15, 0.2) is 18.1 Å². The Morgan fingerprint density at radius 1 is 1.85 bits per heavy atom. The van der Waals surface area contributed by atoms with E-state index in [-0.39, 0.29) is 5.57 Å². The van der Waals surface area contributed by atoms with Crippen molar-refractivity contribution in [3.8, 4) is 6.07 Å². The molecule has 66 valence electrons. The zero-order chi connectivity index (χ0) is 9.84. The minimum atomic E-state index is -1.24. The summed E-state index contributed by atoms with van der Waals surface area (Å²) in [5, 5.41) is 16.9. The van der Waals surface area contributed by atoms with E-state index in [0.29, 0.717) is 5.69 Å². The first kappa shape index (κ1) is 9.00. The van der Waals surface area contributed by atoms with Crippen LogP contribution in [0, 0.1) is 11.3 Å². The monoisotopic (exact) mass is 177 g/mol. The van der Waals surface area contributed by atoms with E-state index < -0.39 is 5.97 Å². The molecule has 1 aromatic heterocycles. The van der Waals surface area contributed by atoms with Crippen molar-refractivity contribution in [2.45, 2.75) is 0 Å². The lowest BCUT2D eigenvalue weighted by molar-refractivity contribution is -0.132. The number of aliphatic carboxylic acids is 1. The molecule has 0 spiro atoms. The fraction of sp³-hybridized carbons (Fsp3) is 0.125. The highest BCUT2D eigenvalue weighted by molar-refractivity contribution is 5.96. The lowest BCUT2D eigenvalue weighted by atomic mass is 10.2. The molecule has 5 nitrogen and oxygen atoms in total. The van der Waals surface area contributed by atoms with Gasteiger partial charge in [0.1, 0.15) is 11.6 Å². The Balaban J connectivity index is 3.00. The molecule has 0 aromatic carbocycles. The molecule has 13 heavy (non-hydrogen) atoms. The Hall–Kier alpha value is -2.09. The smallest absolute Gasteiger partial charge is 0.346 e. The van der Waals surface area contributed by atoms with Gasteiger partial charge in [0.05, 0.1) is 12.0 Å². The number of carbonyl (C=O) groups is 1. The van der Waals surface area contributed by atoms with Gasteiger partial charge in [-0.1, -0.05) is 0 Å². The van der Waals surface area contributed by atoms with Crippen LogP contribution in [0.25, 0.3) is 6.08 Å². The average molecular weight is 177 g/mol. The minimum Gasteiger partial charge on any atom is -0.477 e. The summed E-state index contributed by atoms with van der Waals surface area (Å²) in [6.07, 6.45) is 4.38. The third kappa shape index (κ3) is 2.17. The Bertz CT molecular complexity index is 398. The molecule has 0 atom stereocenters. The largest absolute Gasteiger partial charge is 0.477 e. The molecule has 0 saturated carbocycles. The Morgan fingerprint density at radius 2 is 2.54 bits per heavy atom. The van der Waals surface area contributed by atoms with E-state index in [9.17, 15) is 4.79 Å². The maximum Gasteiger partial charge on any atom is 0.346 e. The van der Waals surface area contributed by atoms with Crippen LogP contribution in [0.3, 0.4) is 0 Å². The maximum absolute atomic E-state index is 10.4. The number of carboxylic acids is 1. The quantitative estimate of drug-likeness (QED) is 0.524. The molecule has 0 amide bonds. The van der Waals surface area contributed by atoms with Crippen molar-refractivity contribution in [3.05, 3.63) is 23.8 Å². The second kappa shape index (κ2) is 3.54. The van der Waals surface area contributed by atoms with Crippen LogP contribution < -0.4 is 0 Å². The molecule has 0 aliphatic carbocycles. The molecular formula is C8H7N3O2. The molecule has 1 aromatic rings. The summed E-state index contributed by atoms with van der Waals surface area (Å²) in [6, 6.07) is 1.57. The minimum absolute atomic E-state index is 0.321. The maximum atomic E-state index is 10.4. The van der Waals surface area contributed by atoms with Crippen molar-refractivity contribution in [2.24, 2.45) is 7.05 Å². The van der Waals surface area contributed by atoms with Crippen molar-refractivity contribution in [2.75, 3.05) is 0 Å². The van der Waals surface area contributed by atoms with Crippen molar-refractivity contribution in [3.63, 3.8) is 0 Å². The second-order valence-electron chi connectivity index (χ2n) is 2.44. The molecule has 0 fully saturated rings. The van der Waals surface area contributed by atoms with Crippen molar-refractivity contribution in [1.29, 1.82) is 5.26 Å². The zero-order valence-corrected chi connectivity index (χ0v) is 6.93. The van der Waals surface area contributed by atoms with E-state index in [2.05, 4.69) is 4.98 Å². The highest BCUT2D eigenvalue weighted by atomic mass is 16.4. The number of carboxylic acid groups (broad SMARTS) is 1. The topological polar surface area (TPSA) is 78.9 Å². The van der Waals surface area contributed by atoms with Crippen molar-refractivity contribution in [1.82, 2.24) is 9.55 Å². The van der Waals surface area contributed by atoms with E-state index >= 15 is 0 Å². The summed E-state index contributed by atoms with van der Waals surface area (Å²) in [6.45, 7) is 0. The summed E-state index contributed by atoms with van der Waals surface area (Å²) in [7, 11) is 1.76. The van der Waals surface area contributed by atoms with Gasteiger partial charge in [0.15, 0.2) is 0 Å². The number of nitrogens with zero attached hydrogens (tertiary/aromatic N) is 3. The molecule has 1 N–H and O–H groups in total. The van der Waals surface area contributed by atoms with Gasteiger partial charge < -0.3 is 9.67 Å². The Labute approximate surface area is 74.6 Å². The van der Waals surface area contributed by atoms with Gasteiger partial charge in [-0.05, 0) is 6.08 Å². The second-order valence-corrected chi connectivity index (χ2v) is 2.44. The van der Waals surface area contributed by atoms with Gasteiger partial charge in [-0.2, -0.15) is 5.26 Å². The number of rotatable bonds is 2. The molecular weight excluding hydrogens is 170 g/mol. The van der Waals surface area contributed by atoms with E-state index in [1.165, 1.54) is 12.4 Å².